The van der Waals surface area contributed by atoms with Gasteiger partial charge in [-0.25, -0.2) is 4.98 Å². The molecule has 0 radical (unpaired) electrons. The molecule has 98 valence electrons. The minimum Gasteiger partial charge on any atom is -0.310 e. The number of nitrogens with one attached hydrogen (secondary N) is 1. The zero-order valence-electron chi connectivity index (χ0n) is 11.5. The van der Waals surface area contributed by atoms with E-state index in [1.807, 2.05) is 63.2 Å². The number of anilines is 1. The fraction of sp³-hybridized carbons (Fsp3) is 0.250. The smallest absolute Gasteiger partial charge is 0.230 e. The molecule has 0 spiro atoms. The van der Waals surface area contributed by atoms with E-state index in [1.165, 1.54) is 0 Å². The first-order valence-corrected chi connectivity index (χ1v) is 6.31. The van der Waals surface area contributed by atoms with Crippen LogP contribution in [-0.2, 0) is 4.79 Å². The molecule has 1 aromatic heterocycles. The Morgan fingerprint density at radius 3 is 2.32 bits per heavy atom. The second-order valence-electron chi connectivity index (χ2n) is 5.48. The van der Waals surface area contributed by atoms with Crippen molar-refractivity contribution in [3.63, 3.8) is 0 Å². The Balaban J connectivity index is 2.24. The molecule has 3 heteroatoms. The van der Waals surface area contributed by atoms with Gasteiger partial charge in [0.05, 0.1) is 5.69 Å². The van der Waals surface area contributed by atoms with E-state index in [0.29, 0.717) is 5.82 Å². The maximum absolute atomic E-state index is 11.9. The van der Waals surface area contributed by atoms with Gasteiger partial charge < -0.3 is 5.32 Å². The van der Waals surface area contributed by atoms with E-state index in [-0.39, 0.29) is 5.91 Å². The average Bonchev–Trinajstić information content (AvgIpc) is 2.39. The molecule has 0 atom stereocenters. The lowest BCUT2D eigenvalue weighted by Crippen LogP contribution is -2.28. The second kappa shape index (κ2) is 5.22. The molecule has 0 aliphatic carbocycles. The summed E-state index contributed by atoms with van der Waals surface area (Å²) in [6.07, 6.45) is 0. The SMILES string of the molecule is CC(C)(C)C(=O)Nc1cccc(-c2ccccc2)n1. The van der Waals surface area contributed by atoms with Crippen LogP contribution >= 0.6 is 0 Å². The Morgan fingerprint density at radius 2 is 1.68 bits per heavy atom. The number of benzene rings is 1. The zero-order chi connectivity index (χ0) is 13.9. The van der Waals surface area contributed by atoms with Gasteiger partial charge in [-0.3, -0.25) is 4.79 Å². The zero-order valence-corrected chi connectivity index (χ0v) is 11.5. The fourth-order valence-electron chi connectivity index (χ4n) is 1.58. The van der Waals surface area contributed by atoms with Gasteiger partial charge in [-0.2, -0.15) is 0 Å². The Hall–Kier alpha value is -2.16. The van der Waals surface area contributed by atoms with Gasteiger partial charge in [0.2, 0.25) is 5.91 Å². The number of nitrogens with zero attached hydrogens (tertiary/aromatic N) is 1. The monoisotopic (exact) mass is 254 g/mol. The van der Waals surface area contributed by atoms with Gasteiger partial charge in [0, 0.05) is 11.0 Å². The van der Waals surface area contributed by atoms with E-state index in [1.54, 1.807) is 6.07 Å². The Kier molecular flexibility index (Phi) is 3.65. The van der Waals surface area contributed by atoms with E-state index >= 15 is 0 Å². The molecule has 0 unspecified atom stereocenters. The van der Waals surface area contributed by atoms with Crippen molar-refractivity contribution >= 4 is 11.7 Å². The highest BCUT2D eigenvalue weighted by Crippen LogP contribution is 2.20. The van der Waals surface area contributed by atoms with Crippen LogP contribution < -0.4 is 5.32 Å². The topological polar surface area (TPSA) is 42.0 Å². The second-order valence-corrected chi connectivity index (χ2v) is 5.48. The standard InChI is InChI=1S/C16H18N2O/c1-16(2,3)15(19)18-14-11-7-10-13(17-14)12-8-5-4-6-9-12/h4-11H,1-3H3,(H,17,18,19). The Morgan fingerprint density at radius 1 is 1.00 bits per heavy atom. The molecule has 0 aliphatic rings. The summed E-state index contributed by atoms with van der Waals surface area (Å²) >= 11 is 0. The van der Waals surface area contributed by atoms with E-state index in [2.05, 4.69) is 10.3 Å². The summed E-state index contributed by atoms with van der Waals surface area (Å²) in [4.78, 5) is 16.4. The summed E-state index contributed by atoms with van der Waals surface area (Å²) in [6.45, 7) is 5.64. The molecule has 2 aromatic rings. The fourth-order valence-corrected chi connectivity index (χ4v) is 1.58. The van der Waals surface area contributed by atoms with Crippen LogP contribution in [0.2, 0.25) is 0 Å². The normalized spacial score (nSPS) is 11.1. The maximum atomic E-state index is 11.9. The summed E-state index contributed by atoms with van der Waals surface area (Å²) in [5, 5.41) is 2.84. The van der Waals surface area contributed by atoms with Crippen LogP contribution in [0.3, 0.4) is 0 Å². The lowest BCUT2D eigenvalue weighted by atomic mass is 9.96. The van der Waals surface area contributed by atoms with E-state index in [4.69, 9.17) is 0 Å². The first-order chi connectivity index (χ1) is 8.97. The quantitative estimate of drug-likeness (QED) is 0.887. The van der Waals surface area contributed by atoms with Crippen molar-refractivity contribution in [2.75, 3.05) is 5.32 Å². The predicted octanol–water partition coefficient (Wildman–Crippen LogP) is 3.73. The molecule has 0 fully saturated rings. The van der Waals surface area contributed by atoms with Crippen molar-refractivity contribution < 1.29 is 4.79 Å². The van der Waals surface area contributed by atoms with Crippen molar-refractivity contribution in [3.8, 4) is 11.3 Å². The molecule has 3 nitrogen and oxygen atoms in total. The third-order valence-electron chi connectivity index (χ3n) is 2.74. The number of pyridine rings is 1. The van der Waals surface area contributed by atoms with Gasteiger partial charge in [0.15, 0.2) is 0 Å². The van der Waals surface area contributed by atoms with Crippen LogP contribution in [-0.4, -0.2) is 10.9 Å². The first kappa shape index (κ1) is 13.3. The summed E-state index contributed by atoms with van der Waals surface area (Å²) in [5.41, 5.74) is 1.46. The predicted molar refractivity (Wildman–Crippen MR) is 77.8 cm³/mol. The van der Waals surface area contributed by atoms with Gasteiger partial charge in [-0.15, -0.1) is 0 Å². The third-order valence-corrected chi connectivity index (χ3v) is 2.74. The summed E-state index contributed by atoms with van der Waals surface area (Å²) in [6, 6.07) is 15.5. The molecule has 19 heavy (non-hydrogen) atoms. The number of rotatable bonds is 2. The lowest BCUT2D eigenvalue weighted by Gasteiger charge is -2.17. The van der Waals surface area contributed by atoms with Crippen LogP contribution in [0.15, 0.2) is 48.5 Å². The van der Waals surface area contributed by atoms with Crippen LogP contribution in [0.5, 0.6) is 0 Å². The molecule has 1 aromatic carbocycles. The van der Waals surface area contributed by atoms with Crippen LogP contribution in [0.25, 0.3) is 11.3 Å². The van der Waals surface area contributed by atoms with Crippen molar-refractivity contribution in [2.45, 2.75) is 20.8 Å². The van der Waals surface area contributed by atoms with E-state index in [0.717, 1.165) is 11.3 Å². The highest BCUT2D eigenvalue weighted by atomic mass is 16.2. The number of hydrogen-bond donors (Lipinski definition) is 1. The van der Waals surface area contributed by atoms with Gasteiger partial charge in [-0.05, 0) is 12.1 Å². The largest absolute Gasteiger partial charge is 0.310 e. The Labute approximate surface area is 113 Å². The Bertz CT molecular complexity index is 571. The molecule has 1 amide bonds. The number of carbonyl (C=O) groups is 1. The third kappa shape index (κ3) is 3.41. The molecule has 0 saturated heterocycles. The molecule has 0 saturated carbocycles. The van der Waals surface area contributed by atoms with Crippen molar-refractivity contribution in [1.82, 2.24) is 4.98 Å². The first-order valence-electron chi connectivity index (χ1n) is 6.31. The maximum Gasteiger partial charge on any atom is 0.230 e. The van der Waals surface area contributed by atoms with Gasteiger partial charge in [0.1, 0.15) is 5.82 Å². The molecule has 1 N–H and O–H groups in total. The van der Waals surface area contributed by atoms with Crippen molar-refractivity contribution in [1.29, 1.82) is 0 Å². The number of hydrogen-bond acceptors (Lipinski definition) is 2. The number of amides is 1. The summed E-state index contributed by atoms with van der Waals surface area (Å²) in [5.74, 6) is 0.548. The minimum absolute atomic E-state index is 0.0368. The number of carbonyl (C=O) groups excluding carboxylic acids is 1. The summed E-state index contributed by atoms with van der Waals surface area (Å²) < 4.78 is 0. The molecule has 0 bridgehead atoms. The summed E-state index contributed by atoms with van der Waals surface area (Å²) in [7, 11) is 0. The van der Waals surface area contributed by atoms with Gasteiger partial charge in [-0.1, -0.05) is 57.2 Å². The molecule has 2 rings (SSSR count). The van der Waals surface area contributed by atoms with Crippen LogP contribution in [0.1, 0.15) is 20.8 Å². The highest BCUT2D eigenvalue weighted by Gasteiger charge is 2.21. The molecular formula is C16H18N2O. The van der Waals surface area contributed by atoms with E-state index < -0.39 is 5.41 Å². The molecular weight excluding hydrogens is 236 g/mol. The van der Waals surface area contributed by atoms with Crippen LogP contribution in [0, 0.1) is 5.41 Å². The number of aromatic nitrogens is 1. The molecule has 0 aliphatic heterocycles. The lowest BCUT2D eigenvalue weighted by molar-refractivity contribution is -0.123. The van der Waals surface area contributed by atoms with Crippen molar-refractivity contribution in [2.24, 2.45) is 5.41 Å². The van der Waals surface area contributed by atoms with Gasteiger partial charge >= 0.3 is 0 Å². The van der Waals surface area contributed by atoms with Gasteiger partial charge in [0.25, 0.3) is 0 Å². The van der Waals surface area contributed by atoms with E-state index in [9.17, 15) is 4.79 Å². The van der Waals surface area contributed by atoms with Crippen LogP contribution in [0.4, 0.5) is 5.82 Å². The minimum atomic E-state index is -0.426. The average molecular weight is 254 g/mol. The highest BCUT2D eigenvalue weighted by molar-refractivity contribution is 5.93. The molecule has 1 heterocycles. The van der Waals surface area contributed by atoms with Crippen molar-refractivity contribution in [3.05, 3.63) is 48.5 Å².